The van der Waals surface area contributed by atoms with Crippen LogP contribution in [0, 0.1) is 0 Å². The van der Waals surface area contributed by atoms with Gasteiger partial charge >= 0.3 is 0 Å². The quantitative estimate of drug-likeness (QED) is 0.684. The van der Waals surface area contributed by atoms with Gasteiger partial charge in [0.25, 0.3) is 5.92 Å². The molecule has 0 amide bonds. The standard InChI is InChI=1S/C22H25F2N3O2/c1-26-21(6-9-25-26)18-3-2-17-13-20(5-4-16(17)12-18)29-15-19(28)14-27-10-7-22(23,24)8-11-27/h2-6,9,12-13,19,28H,7-8,10-11,14-15H2,1H3. The molecule has 2 heterocycles. The van der Waals surface area contributed by atoms with Crippen LogP contribution in [0.5, 0.6) is 5.75 Å². The first kappa shape index (κ1) is 19.8. The van der Waals surface area contributed by atoms with Gasteiger partial charge in [0.05, 0.1) is 5.69 Å². The van der Waals surface area contributed by atoms with E-state index in [2.05, 4.69) is 11.2 Å². The van der Waals surface area contributed by atoms with Gasteiger partial charge in [0.2, 0.25) is 0 Å². The molecule has 7 heteroatoms. The number of aliphatic hydroxyl groups is 1. The van der Waals surface area contributed by atoms with E-state index in [9.17, 15) is 13.9 Å². The van der Waals surface area contributed by atoms with E-state index in [1.807, 2.05) is 53.0 Å². The fraction of sp³-hybridized carbons (Fsp3) is 0.409. The Labute approximate surface area is 168 Å². The number of piperidine rings is 1. The molecule has 1 aromatic heterocycles. The van der Waals surface area contributed by atoms with Crippen LogP contribution in [0.15, 0.2) is 48.7 Å². The number of benzene rings is 2. The summed E-state index contributed by atoms with van der Waals surface area (Å²) in [6, 6.07) is 14.0. The molecule has 154 valence electrons. The van der Waals surface area contributed by atoms with E-state index in [0.29, 0.717) is 25.4 Å². The SMILES string of the molecule is Cn1nccc1-c1ccc2cc(OCC(O)CN3CCC(F)(F)CC3)ccc2c1. The molecule has 1 aliphatic heterocycles. The fourth-order valence-corrected chi connectivity index (χ4v) is 3.74. The van der Waals surface area contributed by atoms with Crippen LogP contribution in [-0.4, -0.2) is 58.1 Å². The Morgan fingerprint density at radius 2 is 1.83 bits per heavy atom. The number of aromatic nitrogens is 2. The molecule has 4 rings (SSSR count). The van der Waals surface area contributed by atoms with E-state index < -0.39 is 12.0 Å². The third-order valence-electron chi connectivity index (χ3n) is 5.43. The summed E-state index contributed by atoms with van der Waals surface area (Å²) in [5.74, 6) is -1.89. The highest BCUT2D eigenvalue weighted by Crippen LogP contribution is 2.28. The molecule has 5 nitrogen and oxygen atoms in total. The lowest BCUT2D eigenvalue weighted by Crippen LogP contribution is -2.44. The Kier molecular flexibility index (Phi) is 5.52. The summed E-state index contributed by atoms with van der Waals surface area (Å²) in [7, 11) is 1.91. The molecule has 1 N–H and O–H groups in total. The minimum absolute atomic E-state index is 0.130. The Bertz CT molecular complexity index is 979. The molecular weight excluding hydrogens is 376 g/mol. The van der Waals surface area contributed by atoms with Gasteiger partial charge in [-0.1, -0.05) is 18.2 Å². The molecule has 0 aliphatic carbocycles. The van der Waals surface area contributed by atoms with Crippen LogP contribution in [0.1, 0.15) is 12.8 Å². The number of fused-ring (bicyclic) bond motifs is 1. The summed E-state index contributed by atoms with van der Waals surface area (Å²) in [5.41, 5.74) is 2.14. The van der Waals surface area contributed by atoms with Crippen molar-refractivity contribution in [1.29, 1.82) is 0 Å². The highest BCUT2D eigenvalue weighted by Gasteiger charge is 2.34. The van der Waals surface area contributed by atoms with Crippen LogP contribution >= 0.6 is 0 Å². The van der Waals surface area contributed by atoms with Gasteiger partial charge in [0.15, 0.2) is 0 Å². The van der Waals surface area contributed by atoms with Gasteiger partial charge in [-0.15, -0.1) is 0 Å². The van der Waals surface area contributed by atoms with Crippen molar-refractivity contribution in [2.45, 2.75) is 24.9 Å². The van der Waals surface area contributed by atoms with Gasteiger partial charge in [0, 0.05) is 51.3 Å². The number of aryl methyl sites for hydroxylation is 1. The number of nitrogens with zero attached hydrogens (tertiary/aromatic N) is 3. The Morgan fingerprint density at radius 3 is 2.55 bits per heavy atom. The van der Waals surface area contributed by atoms with E-state index in [1.54, 1.807) is 6.20 Å². The molecular formula is C22H25F2N3O2. The second kappa shape index (κ2) is 8.08. The normalized spacial score (nSPS) is 18.1. The number of alkyl halides is 2. The van der Waals surface area contributed by atoms with Crippen LogP contribution in [0.2, 0.25) is 0 Å². The van der Waals surface area contributed by atoms with Crippen molar-refractivity contribution in [1.82, 2.24) is 14.7 Å². The monoisotopic (exact) mass is 401 g/mol. The summed E-state index contributed by atoms with van der Waals surface area (Å²) in [6.07, 6.45) is 0.764. The van der Waals surface area contributed by atoms with Gasteiger partial charge in [-0.25, -0.2) is 8.78 Å². The van der Waals surface area contributed by atoms with Crippen molar-refractivity contribution in [3.05, 3.63) is 48.7 Å². The van der Waals surface area contributed by atoms with Gasteiger partial charge < -0.3 is 14.7 Å². The van der Waals surface area contributed by atoms with E-state index in [0.717, 1.165) is 22.0 Å². The first-order valence-electron chi connectivity index (χ1n) is 9.83. The predicted octanol–water partition coefficient (Wildman–Crippen LogP) is 3.71. The highest BCUT2D eigenvalue weighted by molar-refractivity contribution is 5.88. The molecule has 3 aromatic rings. The minimum Gasteiger partial charge on any atom is -0.491 e. The summed E-state index contributed by atoms with van der Waals surface area (Å²) in [4.78, 5) is 1.87. The van der Waals surface area contributed by atoms with Crippen molar-refractivity contribution in [3.63, 3.8) is 0 Å². The number of hydrogen-bond acceptors (Lipinski definition) is 4. The Hall–Kier alpha value is -2.51. The molecule has 2 aromatic carbocycles. The third kappa shape index (κ3) is 4.74. The largest absolute Gasteiger partial charge is 0.491 e. The second-order valence-corrected chi connectivity index (χ2v) is 7.69. The summed E-state index contributed by atoms with van der Waals surface area (Å²) < 4.78 is 34.0. The molecule has 1 atom stereocenters. The maximum absolute atomic E-state index is 13.2. The first-order chi connectivity index (χ1) is 13.9. The number of β-amino-alcohol motifs (C(OH)–C–C–N with tert-alkyl or cyclic N) is 1. The van der Waals surface area contributed by atoms with Crippen molar-refractivity contribution >= 4 is 10.8 Å². The zero-order valence-electron chi connectivity index (χ0n) is 16.4. The minimum atomic E-state index is -2.57. The van der Waals surface area contributed by atoms with Crippen LogP contribution in [0.4, 0.5) is 8.78 Å². The van der Waals surface area contributed by atoms with Crippen LogP contribution in [-0.2, 0) is 7.05 Å². The summed E-state index contributed by atoms with van der Waals surface area (Å²) in [5, 5.41) is 16.6. The van der Waals surface area contributed by atoms with Crippen molar-refractivity contribution < 1.29 is 18.6 Å². The molecule has 1 saturated heterocycles. The number of rotatable bonds is 6. The zero-order valence-corrected chi connectivity index (χ0v) is 16.4. The smallest absolute Gasteiger partial charge is 0.250 e. The van der Waals surface area contributed by atoms with E-state index in [1.165, 1.54) is 0 Å². The summed E-state index contributed by atoms with van der Waals surface area (Å²) in [6.45, 7) is 1.08. The van der Waals surface area contributed by atoms with Crippen molar-refractivity contribution in [2.75, 3.05) is 26.2 Å². The molecule has 1 unspecified atom stereocenters. The maximum Gasteiger partial charge on any atom is 0.250 e. The predicted molar refractivity (Wildman–Crippen MR) is 108 cm³/mol. The Morgan fingerprint density at radius 1 is 1.10 bits per heavy atom. The van der Waals surface area contributed by atoms with Gasteiger partial charge in [-0.05, 0) is 35.0 Å². The second-order valence-electron chi connectivity index (χ2n) is 7.69. The topological polar surface area (TPSA) is 50.5 Å². The number of hydrogen-bond donors (Lipinski definition) is 1. The van der Waals surface area contributed by atoms with E-state index in [-0.39, 0.29) is 19.4 Å². The maximum atomic E-state index is 13.2. The lowest BCUT2D eigenvalue weighted by atomic mass is 10.0. The average Bonchev–Trinajstić information content (AvgIpc) is 3.13. The van der Waals surface area contributed by atoms with Crippen LogP contribution < -0.4 is 4.74 Å². The lowest BCUT2D eigenvalue weighted by molar-refractivity contribution is -0.0628. The number of aliphatic hydroxyl groups excluding tert-OH is 1. The zero-order chi connectivity index (χ0) is 20.4. The number of ether oxygens (including phenoxy) is 1. The van der Waals surface area contributed by atoms with Crippen LogP contribution in [0.25, 0.3) is 22.0 Å². The number of likely N-dealkylation sites (tertiary alicyclic amines) is 1. The first-order valence-corrected chi connectivity index (χ1v) is 9.83. The highest BCUT2D eigenvalue weighted by atomic mass is 19.3. The van der Waals surface area contributed by atoms with Gasteiger partial charge in [-0.2, -0.15) is 5.10 Å². The molecule has 0 spiro atoms. The molecule has 29 heavy (non-hydrogen) atoms. The van der Waals surface area contributed by atoms with Crippen molar-refractivity contribution in [3.8, 4) is 17.0 Å². The molecule has 1 aliphatic rings. The van der Waals surface area contributed by atoms with Gasteiger partial charge in [0.1, 0.15) is 18.5 Å². The van der Waals surface area contributed by atoms with Crippen LogP contribution in [0.3, 0.4) is 0 Å². The Balaban J connectivity index is 1.35. The number of halogens is 2. The fourth-order valence-electron chi connectivity index (χ4n) is 3.74. The average molecular weight is 401 g/mol. The summed E-state index contributed by atoms with van der Waals surface area (Å²) >= 11 is 0. The molecule has 0 bridgehead atoms. The van der Waals surface area contributed by atoms with Gasteiger partial charge in [-0.3, -0.25) is 4.68 Å². The molecule has 1 fully saturated rings. The lowest BCUT2D eigenvalue weighted by Gasteiger charge is -2.32. The van der Waals surface area contributed by atoms with E-state index in [4.69, 9.17) is 4.74 Å². The van der Waals surface area contributed by atoms with Crippen molar-refractivity contribution in [2.24, 2.45) is 7.05 Å². The third-order valence-corrected chi connectivity index (χ3v) is 5.43. The molecule has 0 saturated carbocycles. The van der Waals surface area contributed by atoms with E-state index >= 15 is 0 Å². The molecule has 0 radical (unpaired) electrons.